The third-order valence-electron chi connectivity index (χ3n) is 7.31. The fraction of sp³-hybridized carbons (Fsp3) is 0.333. The molecule has 6 nitrogen and oxygen atoms in total. The number of likely N-dealkylation sites (tertiary alicyclic amines) is 1. The van der Waals surface area contributed by atoms with Crippen molar-refractivity contribution in [3.05, 3.63) is 83.4 Å². The van der Waals surface area contributed by atoms with Crippen LogP contribution in [0.15, 0.2) is 65.1 Å². The minimum atomic E-state index is -4.54. The van der Waals surface area contributed by atoms with E-state index in [2.05, 4.69) is 5.32 Å². The number of benzene rings is 3. The molecule has 238 valence electrons. The first-order valence-electron chi connectivity index (χ1n) is 14.2. The summed E-state index contributed by atoms with van der Waals surface area (Å²) in [5.74, 6) is -3.84. The first kappa shape index (κ1) is 31.9. The lowest BCUT2D eigenvalue weighted by Crippen LogP contribution is -2.42. The molecule has 0 saturated carbocycles. The lowest BCUT2D eigenvalue weighted by Gasteiger charge is -2.31. The Morgan fingerprint density at radius 2 is 1.58 bits per heavy atom. The van der Waals surface area contributed by atoms with E-state index >= 15 is 4.39 Å². The summed E-state index contributed by atoms with van der Waals surface area (Å²) < 4.78 is 93.6. The Morgan fingerprint density at radius 3 is 2.18 bits per heavy atom. The van der Waals surface area contributed by atoms with Gasteiger partial charge in [-0.05, 0) is 74.4 Å². The van der Waals surface area contributed by atoms with Crippen molar-refractivity contribution in [3.8, 4) is 22.3 Å². The number of alkyl halides is 5. The average Bonchev–Trinajstić information content (AvgIpc) is 3.37. The highest BCUT2D eigenvalue weighted by atomic mass is 19.4. The van der Waals surface area contributed by atoms with E-state index in [1.54, 1.807) is 39.0 Å². The van der Waals surface area contributed by atoms with Crippen LogP contribution in [-0.4, -0.2) is 41.5 Å². The third-order valence-corrected chi connectivity index (χ3v) is 7.31. The van der Waals surface area contributed by atoms with Crippen molar-refractivity contribution in [2.24, 2.45) is 0 Å². The summed E-state index contributed by atoms with van der Waals surface area (Å²) in [6.45, 7) is 4.78. The van der Waals surface area contributed by atoms with Crippen LogP contribution in [0.4, 0.5) is 31.1 Å². The largest absolute Gasteiger partial charge is 0.459 e. The van der Waals surface area contributed by atoms with Gasteiger partial charge in [0.15, 0.2) is 0 Å². The Hall–Kier alpha value is -4.48. The summed E-state index contributed by atoms with van der Waals surface area (Å²) in [5.41, 5.74) is -0.0872. The monoisotopic (exact) mass is 632 g/mol. The molecule has 1 aromatic heterocycles. The molecule has 2 heterocycles. The molecule has 0 radical (unpaired) electrons. The minimum absolute atomic E-state index is 0.00400. The number of carbonyl (C=O) groups excluding carboxylic acids is 2. The van der Waals surface area contributed by atoms with Crippen LogP contribution in [0.1, 0.15) is 55.3 Å². The highest BCUT2D eigenvalue weighted by Crippen LogP contribution is 2.38. The fourth-order valence-corrected chi connectivity index (χ4v) is 5.08. The van der Waals surface area contributed by atoms with Crippen LogP contribution >= 0.6 is 0 Å². The second kappa shape index (κ2) is 11.8. The van der Waals surface area contributed by atoms with E-state index in [1.165, 1.54) is 29.2 Å². The summed E-state index contributed by atoms with van der Waals surface area (Å²) >= 11 is 0. The second-order valence-electron chi connectivity index (χ2n) is 11.9. The number of amides is 2. The number of nitrogens with zero attached hydrogens (tertiary/aromatic N) is 1. The van der Waals surface area contributed by atoms with Gasteiger partial charge in [0.1, 0.15) is 22.8 Å². The molecular formula is C33H30F6N2O4. The average molecular weight is 633 g/mol. The topological polar surface area (TPSA) is 71.8 Å². The molecule has 1 saturated heterocycles. The van der Waals surface area contributed by atoms with Gasteiger partial charge in [0.25, 0.3) is 11.8 Å². The second-order valence-corrected chi connectivity index (χ2v) is 11.9. The van der Waals surface area contributed by atoms with E-state index in [0.717, 1.165) is 18.2 Å². The van der Waals surface area contributed by atoms with Gasteiger partial charge in [0, 0.05) is 48.0 Å². The molecule has 0 unspecified atom stereocenters. The molecule has 1 aliphatic rings. The van der Waals surface area contributed by atoms with E-state index < -0.39 is 53.9 Å². The van der Waals surface area contributed by atoms with Gasteiger partial charge in [-0.25, -0.2) is 18.0 Å². The van der Waals surface area contributed by atoms with Gasteiger partial charge in [-0.2, -0.15) is 13.2 Å². The summed E-state index contributed by atoms with van der Waals surface area (Å²) in [6, 6.07) is 13.1. The van der Waals surface area contributed by atoms with Crippen LogP contribution in [0.25, 0.3) is 33.2 Å². The van der Waals surface area contributed by atoms with E-state index in [9.17, 15) is 31.5 Å². The number of rotatable bonds is 5. The lowest BCUT2D eigenvalue weighted by atomic mass is 9.95. The van der Waals surface area contributed by atoms with E-state index in [1.807, 2.05) is 0 Å². The van der Waals surface area contributed by atoms with Gasteiger partial charge in [-0.3, -0.25) is 4.79 Å². The van der Waals surface area contributed by atoms with Crippen LogP contribution in [0.3, 0.4) is 0 Å². The number of ether oxygens (including phenoxy) is 1. The van der Waals surface area contributed by atoms with E-state index in [0.29, 0.717) is 33.4 Å². The molecule has 0 aliphatic carbocycles. The Kier molecular flexibility index (Phi) is 8.37. The Bertz CT molecular complexity index is 1730. The number of hydrogen-bond acceptors (Lipinski definition) is 4. The van der Waals surface area contributed by atoms with Crippen molar-refractivity contribution < 1.29 is 45.1 Å². The number of carbonyl (C=O) groups is 2. The summed E-state index contributed by atoms with van der Waals surface area (Å²) in [5, 5.41) is 3.07. The normalized spacial score (nSPS) is 15.3. The maximum atomic E-state index is 15.6. The molecule has 2 amide bonds. The number of hydrogen-bond donors (Lipinski definition) is 1. The first-order valence-corrected chi connectivity index (χ1v) is 14.2. The first-order chi connectivity index (χ1) is 21.0. The van der Waals surface area contributed by atoms with Crippen LogP contribution in [0.2, 0.25) is 0 Å². The molecule has 0 spiro atoms. The van der Waals surface area contributed by atoms with E-state index in [-0.39, 0.29) is 30.8 Å². The molecule has 0 atom stereocenters. The van der Waals surface area contributed by atoms with Crippen molar-refractivity contribution in [2.45, 2.75) is 57.9 Å². The summed E-state index contributed by atoms with van der Waals surface area (Å²) in [7, 11) is 0. The molecule has 45 heavy (non-hydrogen) atoms. The molecule has 4 aromatic rings. The highest BCUT2D eigenvalue weighted by Gasteiger charge is 2.36. The maximum Gasteiger partial charge on any atom is 0.416 e. The maximum absolute atomic E-state index is 15.6. The van der Waals surface area contributed by atoms with Crippen molar-refractivity contribution in [1.82, 2.24) is 10.2 Å². The zero-order chi connectivity index (χ0) is 32.7. The van der Waals surface area contributed by atoms with Crippen LogP contribution in [0, 0.1) is 5.82 Å². The standard InChI is InChI=1S/C33H30F6N2O4/c1-31(2,3)45-30(43)40-18-24-15-22-14-21(16-26(28(22)44-24)19-4-7-23(8-5-19)33(37,38)39)25-9-6-20(17-27(25)34)29(42)41-12-10-32(35,36)11-13-41/h4-9,14-17H,10-13,18H2,1-3H3,(H,40,43). The zero-order valence-electron chi connectivity index (χ0n) is 24.7. The summed E-state index contributed by atoms with van der Waals surface area (Å²) in [4.78, 5) is 26.3. The Morgan fingerprint density at radius 1 is 0.911 bits per heavy atom. The smallest absolute Gasteiger partial charge is 0.416 e. The van der Waals surface area contributed by atoms with Gasteiger partial charge in [0.05, 0.1) is 12.1 Å². The van der Waals surface area contributed by atoms with Crippen molar-refractivity contribution in [1.29, 1.82) is 0 Å². The number of alkyl carbamates (subject to hydrolysis) is 1. The SMILES string of the molecule is CC(C)(C)OC(=O)NCc1cc2cc(-c3ccc(C(=O)N4CCC(F)(F)CC4)cc3F)cc(-c3ccc(C(F)(F)F)cc3)c2o1. The van der Waals surface area contributed by atoms with Crippen LogP contribution in [-0.2, 0) is 17.5 Å². The molecular weight excluding hydrogens is 602 g/mol. The highest BCUT2D eigenvalue weighted by molar-refractivity contribution is 5.98. The van der Waals surface area contributed by atoms with Crippen molar-refractivity contribution in [3.63, 3.8) is 0 Å². The van der Waals surface area contributed by atoms with E-state index in [4.69, 9.17) is 9.15 Å². The molecule has 0 bridgehead atoms. The number of piperidine rings is 1. The molecule has 12 heteroatoms. The van der Waals surface area contributed by atoms with Gasteiger partial charge in [-0.1, -0.05) is 18.2 Å². The quantitative estimate of drug-likeness (QED) is 0.223. The van der Waals surface area contributed by atoms with Crippen LogP contribution in [0.5, 0.6) is 0 Å². The predicted molar refractivity (Wildman–Crippen MR) is 155 cm³/mol. The molecule has 1 N–H and O–H groups in total. The molecule has 3 aromatic carbocycles. The number of halogens is 6. The lowest BCUT2D eigenvalue weighted by molar-refractivity contribution is -0.137. The summed E-state index contributed by atoms with van der Waals surface area (Å²) in [6.07, 6.45) is -6.15. The van der Waals surface area contributed by atoms with Crippen molar-refractivity contribution in [2.75, 3.05) is 13.1 Å². The molecule has 1 fully saturated rings. The number of fused-ring (bicyclic) bond motifs is 1. The Labute approximate surface area is 254 Å². The third kappa shape index (κ3) is 7.43. The zero-order valence-corrected chi connectivity index (χ0v) is 24.7. The molecule has 5 rings (SSSR count). The van der Waals surface area contributed by atoms with Gasteiger partial charge in [-0.15, -0.1) is 0 Å². The fourth-order valence-electron chi connectivity index (χ4n) is 5.08. The van der Waals surface area contributed by atoms with Gasteiger partial charge in [0.2, 0.25) is 0 Å². The number of nitrogens with one attached hydrogen (secondary N) is 1. The van der Waals surface area contributed by atoms with Crippen LogP contribution < -0.4 is 5.32 Å². The molecule has 1 aliphatic heterocycles. The Balaban J connectivity index is 1.50. The van der Waals surface area contributed by atoms with Crippen molar-refractivity contribution >= 4 is 23.0 Å². The minimum Gasteiger partial charge on any atom is -0.459 e. The van der Waals surface area contributed by atoms with Gasteiger partial charge >= 0.3 is 12.3 Å². The number of furan rings is 1. The van der Waals surface area contributed by atoms with Gasteiger partial charge < -0.3 is 19.4 Å². The predicted octanol–water partition coefficient (Wildman–Crippen LogP) is 8.82.